The number of carbonyl (C=O) groups is 2. The Hall–Kier alpha value is -2.82. The van der Waals surface area contributed by atoms with Crippen molar-refractivity contribution in [2.75, 3.05) is 18.1 Å². The van der Waals surface area contributed by atoms with Gasteiger partial charge in [-0.3, -0.25) is 9.59 Å². The van der Waals surface area contributed by atoms with Gasteiger partial charge in [-0.05, 0) is 42.8 Å². The Morgan fingerprint density at radius 1 is 1.00 bits per heavy atom. The number of amides is 2. The third-order valence-corrected chi connectivity index (χ3v) is 3.16. The van der Waals surface area contributed by atoms with Crippen LogP contribution >= 0.6 is 0 Å². The Balaban J connectivity index is 2.18. The molecule has 0 saturated heterocycles. The summed E-state index contributed by atoms with van der Waals surface area (Å²) in [6.07, 6.45) is 0. The third-order valence-electron chi connectivity index (χ3n) is 3.16. The molecule has 0 fully saturated rings. The van der Waals surface area contributed by atoms with Gasteiger partial charge in [-0.25, -0.2) is 0 Å². The molecule has 2 aromatic carbocycles. The SMILES string of the molecule is CNC(=O)c1ccc(NC(=O)c2c(C)cccc2N)cc1. The van der Waals surface area contributed by atoms with Crippen LogP contribution in [0.4, 0.5) is 11.4 Å². The lowest BCUT2D eigenvalue weighted by atomic mass is 10.1. The van der Waals surface area contributed by atoms with E-state index < -0.39 is 0 Å². The molecular weight excluding hydrogens is 266 g/mol. The number of carbonyl (C=O) groups excluding carboxylic acids is 2. The second-order valence-corrected chi connectivity index (χ2v) is 4.65. The number of aryl methyl sites for hydroxylation is 1. The van der Waals surface area contributed by atoms with Crippen LogP contribution in [-0.2, 0) is 0 Å². The molecule has 0 heterocycles. The molecule has 5 nitrogen and oxygen atoms in total. The zero-order valence-electron chi connectivity index (χ0n) is 11.9. The van der Waals surface area contributed by atoms with E-state index in [0.29, 0.717) is 22.5 Å². The third kappa shape index (κ3) is 3.20. The molecule has 2 aromatic rings. The molecule has 0 aliphatic carbocycles. The van der Waals surface area contributed by atoms with E-state index in [1.807, 2.05) is 13.0 Å². The first-order valence-electron chi connectivity index (χ1n) is 6.51. The molecule has 21 heavy (non-hydrogen) atoms. The number of nitrogens with one attached hydrogen (secondary N) is 2. The summed E-state index contributed by atoms with van der Waals surface area (Å²) in [4.78, 5) is 23.7. The first-order chi connectivity index (χ1) is 10.0. The van der Waals surface area contributed by atoms with Gasteiger partial charge in [-0.15, -0.1) is 0 Å². The van der Waals surface area contributed by atoms with Gasteiger partial charge in [0.2, 0.25) is 0 Å². The first-order valence-corrected chi connectivity index (χ1v) is 6.51. The summed E-state index contributed by atoms with van der Waals surface area (Å²) in [6.45, 7) is 1.83. The fraction of sp³-hybridized carbons (Fsp3) is 0.125. The summed E-state index contributed by atoms with van der Waals surface area (Å²) >= 11 is 0. The van der Waals surface area contributed by atoms with E-state index in [1.165, 1.54) is 0 Å². The highest BCUT2D eigenvalue weighted by Crippen LogP contribution is 2.18. The Labute approximate surface area is 123 Å². The number of hydrogen-bond acceptors (Lipinski definition) is 3. The maximum Gasteiger partial charge on any atom is 0.258 e. The highest BCUT2D eigenvalue weighted by atomic mass is 16.2. The predicted octanol–water partition coefficient (Wildman–Crippen LogP) is 2.19. The molecule has 2 rings (SSSR count). The predicted molar refractivity (Wildman–Crippen MR) is 83.4 cm³/mol. The molecule has 0 aromatic heterocycles. The zero-order valence-corrected chi connectivity index (χ0v) is 11.9. The lowest BCUT2D eigenvalue weighted by Crippen LogP contribution is -2.18. The standard InChI is InChI=1S/C16H17N3O2/c1-10-4-3-5-13(17)14(10)16(21)19-12-8-6-11(7-9-12)15(20)18-2/h3-9H,17H2,1-2H3,(H,18,20)(H,19,21). The van der Waals surface area contributed by atoms with Crippen molar-refractivity contribution in [3.8, 4) is 0 Å². The van der Waals surface area contributed by atoms with Crippen molar-refractivity contribution in [1.29, 1.82) is 0 Å². The molecule has 0 bridgehead atoms. The topological polar surface area (TPSA) is 84.2 Å². The molecule has 2 amide bonds. The number of hydrogen-bond donors (Lipinski definition) is 3. The van der Waals surface area contributed by atoms with Crippen molar-refractivity contribution in [2.24, 2.45) is 0 Å². The van der Waals surface area contributed by atoms with Crippen LogP contribution in [0.3, 0.4) is 0 Å². The van der Waals surface area contributed by atoms with E-state index in [9.17, 15) is 9.59 Å². The van der Waals surface area contributed by atoms with Gasteiger partial charge in [0.1, 0.15) is 0 Å². The normalized spacial score (nSPS) is 10.0. The lowest BCUT2D eigenvalue weighted by molar-refractivity contribution is 0.0962. The molecule has 0 radical (unpaired) electrons. The monoisotopic (exact) mass is 283 g/mol. The molecule has 5 heteroatoms. The van der Waals surface area contributed by atoms with Crippen molar-refractivity contribution >= 4 is 23.2 Å². The van der Waals surface area contributed by atoms with Gasteiger partial charge >= 0.3 is 0 Å². The van der Waals surface area contributed by atoms with Crippen molar-refractivity contribution in [1.82, 2.24) is 5.32 Å². The van der Waals surface area contributed by atoms with Crippen LogP contribution in [0.2, 0.25) is 0 Å². The van der Waals surface area contributed by atoms with Gasteiger partial charge in [0.15, 0.2) is 0 Å². The summed E-state index contributed by atoms with van der Waals surface area (Å²) in [5.74, 6) is -0.436. The number of anilines is 2. The molecule has 0 saturated carbocycles. The highest BCUT2D eigenvalue weighted by molar-refractivity contribution is 6.08. The molecule has 4 N–H and O–H groups in total. The van der Waals surface area contributed by atoms with E-state index in [0.717, 1.165) is 5.56 Å². The summed E-state index contributed by atoms with van der Waals surface area (Å²) in [5, 5.41) is 5.31. The van der Waals surface area contributed by atoms with Crippen LogP contribution in [0.25, 0.3) is 0 Å². The minimum absolute atomic E-state index is 0.170. The van der Waals surface area contributed by atoms with Gasteiger partial charge in [-0.2, -0.15) is 0 Å². The van der Waals surface area contributed by atoms with E-state index in [2.05, 4.69) is 10.6 Å². The lowest BCUT2D eigenvalue weighted by Gasteiger charge is -2.10. The zero-order chi connectivity index (χ0) is 15.4. The maximum atomic E-state index is 12.3. The number of rotatable bonds is 3. The Bertz CT molecular complexity index is 658. The molecular formula is C16H17N3O2. The fourth-order valence-corrected chi connectivity index (χ4v) is 2.04. The first kappa shape index (κ1) is 14.6. The largest absolute Gasteiger partial charge is 0.398 e. The average molecular weight is 283 g/mol. The molecule has 0 aliphatic rings. The molecule has 0 aliphatic heterocycles. The van der Waals surface area contributed by atoms with Crippen LogP contribution in [0, 0.1) is 6.92 Å². The van der Waals surface area contributed by atoms with Crippen molar-refractivity contribution in [3.05, 3.63) is 59.2 Å². The van der Waals surface area contributed by atoms with E-state index in [1.54, 1.807) is 43.4 Å². The maximum absolute atomic E-state index is 12.3. The Morgan fingerprint density at radius 2 is 1.67 bits per heavy atom. The smallest absolute Gasteiger partial charge is 0.258 e. The molecule has 108 valence electrons. The number of nitrogens with two attached hydrogens (primary N) is 1. The van der Waals surface area contributed by atoms with Gasteiger partial charge < -0.3 is 16.4 Å². The average Bonchev–Trinajstić information content (AvgIpc) is 2.47. The molecule has 0 atom stereocenters. The second kappa shape index (κ2) is 6.09. The van der Waals surface area contributed by atoms with Gasteiger partial charge in [-0.1, -0.05) is 12.1 Å². The molecule has 0 unspecified atom stereocenters. The summed E-state index contributed by atoms with van der Waals surface area (Å²) in [6, 6.07) is 12.0. The molecule has 0 spiro atoms. The van der Waals surface area contributed by atoms with Crippen LogP contribution in [0.5, 0.6) is 0 Å². The highest BCUT2D eigenvalue weighted by Gasteiger charge is 2.13. The van der Waals surface area contributed by atoms with Crippen molar-refractivity contribution < 1.29 is 9.59 Å². The van der Waals surface area contributed by atoms with Crippen LogP contribution in [-0.4, -0.2) is 18.9 Å². The van der Waals surface area contributed by atoms with Crippen LogP contribution < -0.4 is 16.4 Å². The number of benzene rings is 2. The van der Waals surface area contributed by atoms with E-state index in [-0.39, 0.29) is 11.8 Å². The minimum atomic E-state index is -0.265. The fourth-order valence-electron chi connectivity index (χ4n) is 2.04. The quantitative estimate of drug-likeness (QED) is 0.755. The van der Waals surface area contributed by atoms with Crippen molar-refractivity contribution in [2.45, 2.75) is 6.92 Å². The minimum Gasteiger partial charge on any atom is -0.398 e. The van der Waals surface area contributed by atoms with E-state index >= 15 is 0 Å². The second-order valence-electron chi connectivity index (χ2n) is 4.65. The van der Waals surface area contributed by atoms with Crippen molar-refractivity contribution in [3.63, 3.8) is 0 Å². The van der Waals surface area contributed by atoms with Crippen LogP contribution in [0.15, 0.2) is 42.5 Å². The van der Waals surface area contributed by atoms with Gasteiger partial charge in [0.05, 0.1) is 5.56 Å². The summed E-state index contributed by atoms with van der Waals surface area (Å²) < 4.78 is 0. The number of nitrogen functional groups attached to an aromatic ring is 1. The summed E-state index contributed by atoms with van der Waals surface area (Å²) in [5.41, 5.74) is 8.70. The van der Waals surface area contributed by atoms with Crippen LogP contribution in [0.1, 0.15) is 26.3 Å². The van der Waals surface area contributed by atoms with E-state index in [4.69, 9.17) is 5.73 Å². The van der Waals surface area contributed by atoms with Gasteiger partial charge in [0, 0.05) is 24.0 Å². The Morgan fingerprint density at radius 3 is 2.24 bits per heavy atom. The Kier molecular flexibility index (Phi) is 4.23. The van der Waals surface area contributed by atoms with Gasteiger partial charge in [0.25, 0.3) is 11.8 Å². The summed E-state index contributed by atoms with van der Waals surface area (Å²) in [7, 11) is 1.57.